The minimum atomic E-state index is -0.319. The van der Waals surface area contributed by atoms with Crippen molar-refractivity contribution in [3.8, 4) is 11.3 Å². The zero-order valence-electron chi connectivity index (χ0n) is 11.2. The van der Waals surface area contributed by atoms with Crippen LogP contribution in [0.4, 0.5) is 10.8 Å². The van der Waals surface area contributed by atoms with Crippen LogP contribution in [-0.4, -0.2) is 20.9 Å². The molecule has 0 fully saturated rings. The first kappa shape index (κ1) is 14.4. The molecular weight excluding hydrogens is 318 g/mol. The third-order valence-corrected chi connectivity index (χ3v) is 3.73. The van der Waals surface area contributed by atoms with Gasteiger partial charge in [0.25, 0.3) is 5.91 Å². The third kappa shape index (κ3) is 3.18. The highest BCUT2D eigenvalue weighted by atomic mass is 32.1. The van der Waals surface area contributed by atoms with Gasteiger partial charge in [-0.3, -0.25) is 10.1 Å². The number of benzene rings is 1. The Bertz CT molecular complexity index is 856. The number of nitrogens with zero attached hydrogens (tertiary/aromatic N) is 2. The van der Waals surface area contributed by atoms with E-state index in [2.05, 4.69) is 20.3 Å². The Hall–Kier alpha value is -2.58. The number of amides is 1. The number of aromatic amines is 1. The Morgan fingerprint density at radius 1 is 1.32 bits per heavy atom. The second kappa shape index (κ2) is 6.04. The topological polar surface area (TPSA) is 96.7 Å². The molecule has 8 heteroatoms. The number of rotatable bonds is 3. The van der Waals surface area contributed by atoms with E-state index in [0.717, 1.165) is 5.56 Å². The second-order valence-electron chi connectivity index (χ2n) is 4.40. The van der Waals surface area contributed by atoms with Crippen LogP contribution >= 0.6 is 23.6 Å². The zero-order valence-corrected chi connectivity index (χ0v) is 12.9. The molecule has 1 amide bonds. The highest BCUT2D eigenvalue weighted by Gasteiger charge is 2.11. The molecule has 0 radical (unpaired) electrons. The molecule has 0 saturated carbocycles. The van der Waals surface area contributed by atoms with Crippen LogP contribution < -0.4 is 11.1 Å². The van der Waals surface area contributed by atoms with Gasteiger partial charge in [-0.1, -0.05) is 12.1 Å². The largest absolute Gasteiger partial charge is 0.399 e. The average Bonchev–Trinajstić information content (AvgIpc) is 3.00. The molecule has 2 heterocycles. The molecule has 3 rings (SSSR count). The molecule has 3 aromatic rings. The van der Waals surface area contributed by atoms with Crippen LogP contribution in [0.25, 0.3) is 11.3 Å². The fraction of sp³-hybridized carbons (Fsp3) is 0. The third-order valence-electron chi connectivity index (χ3n) is 2.85. The molecule has 0 aliphatic rings. The van der Waals surface area contributed by atoms with Crippen LogP contribution in [0.1, 0.15) is 10.5 Å². The minimum Gasteiger partial charge on any atom is -0.399 e. The molecule has 2 aromatic heterocycles. The summed E-state index contributed by atoms with van der Waals surface area (Å²) >= 11 is 6.44. The summed E-state index contributed by atoms with van der Waals surface area (Å²) in [5, 5.41) is 5.00. The number of carbonyl (C=O) groups is 1. The number of thiazole rings is 1. The molecule has 0 aliphatic heterocycles. The number of H-pyrrole nitrogens is 1. The van der Waals surface area contributed by atoms with E-state index in [4.69, 9.17) is 18.0 Å². The molecule has 0 aliphatic carbocycles. The summed E-state index contributed by atoms with van der Waals surface area (Å²) in [5.41, 5.74) is 8.09. The molecule has 0 bridgehead atoms. The maximum Gasteiger partial charge on any atom is 0.274 e. The lowest BCUT2D eigenvalue weighted by Gasteiger charge is -2.05. The molecule has 1 aromatic carbocycles. The van der Waals surface area contributed by atoms with Gasteiger partial charge in [0.2, 0.25) is 0 Å². The molecule has 6 nitrogen and oxygen atoms in total. The Morgan fingerprint density at radius 2 is 2.09 bits per heavy atom. The van der Waals surface area contributed by atoms with Crippen LogP contribution in [0, 0.1) is 4.77 Å². The molecule has 0 atom stereocenters. The van der Waals surface area contributed by atoms with Gasteiger partial charge in [0, 0.05) is 22.8 Å². The number of hydrogen-bond acceptors (Lipinski definition) is 6. The van der Waals surface area contributed by atoms with E-state index in [1.165, 1.54) is 11.3 Å². The van der Waals surface area contributed by atoms with Gasteiger partial charge in [0.05, 0.1) is 5.69 Å². The van der Waals surface area contributed by atoms with Crippen LogP contribution in [0.5, 0.6) is 0 Å². The van der Waals surface area contributed by atoms with Crippen molar-refractivity contribution in [2.75, 3.05) is 11.1 Å². The average molecular weight is 329 g/mol. The molecular formula is C14H11N5OS2. The van der Waals surface area contributed by atoms with Crippen molar-refractivity contribution < 1.29 is 4.79 Å². The van der Waals surface area contributed by atoms with Gasteiger partial charge in [-0.15, -0.1) is 11.3 Å². The van der Waals surface area contributed by atoms with E-state index in [1.807, 2.05) is 12.1 Å². The molecule has 22 heavy (non-hydrogen) atoms. The van der Waals surface area contributed by atoms with Crippen molar-refractivity contribution in [2.24, 2.45) is 0 Å². The Morgan fingerprint density at radius 3 is 2.77 bits per heavy atom. The Balaban J connectivity index is 1.94. The van der Waals surface area contributed by atoms with Crippen molar-refractivity contribution in [3.63, 3.8) is 0 Å². The summed E-state index contributed by atoms with van der Waals surface area (Å²) in [6, 6.07) is 8.84. The number of nitrogens with one attached hydrogen (secondary N) is 2. The van der Waals surface area contributed by atoms with Gasteiger partial charge in [-0.2, -0.15) is 0 Å². The summed E-state index contributed by atoms with van der Waals surface area (Å²) in [6.07, 6.45) is 1.62. The smallest absolute Gasteiger partial charge is 0.274 e. The normalized spacial score (nSPS) is 10.4. The first-order chi connectivity index (χ1) is 10.6. The molecule has 0 saturated heterocycles. The number of hydrogen-bond donors (Lipinski definition) is 3. The first-order valence-electron chi connectivity index (χ1n) is 6.30. The van der Waals surface area contributed by atoms with Crippen molar-refractivity contribution in [1.29, 1.82) is 0 Å². The predicted molar refractivity (Wildman–Crippen MR) is 89.3 cm³/mol. The van der Waals surface area contributed by atoms with Gasteiger partial charge < -0.3 is 10.7 Å². The highest BCUT2D eigenvalue weighted by Crippen LogP contribution is 2.19. The first-order valence-corrected chi connectivity index (χ1v) is 7.59. The highest BCUT2D eigenvalue weighted by molar-refractivity contribution is 7.71. The standard InChI is InChI=1S/C14H11N5OS2/c15-9-3-1-8(2-4-9)10-7-11(18-13(21)17-10)12(20)19-14-16-5-6-22-14/h1-7H,15H2,(H,16,19,20)(H,17,18,21). The van der Waals surface area contributed by atoms with Gasteiger partial charge in [-0.05, 0) is 30.4 Å². The van der Waals surface area contributed by atoms with Crippen LogP contribution in [0.3, 0.4) is 0 Å². The van der Waals surface area contributed by atoms with Crippen molar-refractivity contribution in [2.45, 2.75) is 0 Å². The van der Waals surface area contributed by atoms with Crippen LogP contribution in [-0.2, 0) is 0 Å². The number of aromatic nitrogens is 3. The predicted octanol–water partition coefficient (Wildman–Crippen LogP) is 3.10. The van der Waals surface area contributed by atoms with E-state index in [9.17, 15) is 4.79 Å². The second-order valence-corrected chi connectivity index (χ2v) is 5.68. The van der Waals surface area contributed by atoms with Gasteiger partial charge >= 0.3 is 0 Å². The van der Waals surface area contributed by atoms with Crippen molar-refractivity contribution in [3.05, 3.63) is 52.4 Å². The Kier molecular flexibility index (Phi) is 3.94. The molecule has 110 valence electrons. The quantitative estimate of drug-likeness (QED) is 0.507. The SMILES string of the molecule is Nc1ccc(-c2cc(C(=O)Nc3nccs3)[nH]c(=S)n2)cc1. The van der Waals surface area contributed by atoms with Crippen LogP contribution in [0.2, 0.25) is 0 Å². The lowest BCUT2D eigenvalue weighted by Crippen LogP contribution is -2.14. The maximum absolute atomic E-state index is 12.2. The monoisotopic (exact) mass is 329 g/mol. The summed E-state index contributed by atoms with van der Waals surface area (Å²) < 4.78 is 0.235. The number of nitrogens with two attached hydrogens (primary N) is 1. The van der Waals surface area contributed by atoms with E-state index < -0.39 is 0 Å². The van der Waals surface area contributed by atoms with Crippen LogP contribution in [0.15, 0.2) is 41.9 Å². The molecule has 0 unspecified atom stereocenters. The number of anilines is 2. The van der Waals surface area contributed by atoms with Gasteiger partial charge in [0.15, 0.2) is 9.90 Å². The summed E-state index contributed by atoms with van der Waals surface area (Å²) in [4.78, 5) is 23.3. The zero-order chi connectivity index (χ0) is 15.5. The van der Waals surface area contributed by atoms with Gasteiger partial charge in [-0.25, -0.2) is 9.97 Å². The lowest BCUT2D eigenvalue weighted by atomic mass is 10.1. The number of carbonyl (C=O) groups excluding carboxylic acids is 1. The molecule has 0 spiro atoms. The fourth-order valence-corrected chi connectivity index (χ4v) is 2.56. The number of nitrogen functional groups attached to an aromatic ring is 1. The van der Waals surface area contributed by atoms with E-state index in [1.54, 1.807) is 29.8 Å². The lowest BCUT2D eigenvalue weighted by molar-refractivity contribution is 0.102. The summed E-state index contributed by atoms with van der Waals surface area (Å²) in [5.74, 6) is -0.319. The molecule has 4 N–H and O–H groups in total. The maximum atomic E-state index is 12.2. The van der Waals surface area contributed by atoms with Crippen molar-refractivity contribution >= 4 is 40.3 Å². The minimum absolute atomic E-state index is 0.235. The van der Waals surface area contributed by atoms with Gasteiger partial charge in [0.1, 0.15) is 5.69 Å². The van der Waals surface area contributed by atoms with Crippen molar-refractivity contribution in [1.82, 2.24) is 15.0 Å². The van der Waals surface area contributed by atoms with E-state index >= 15 is 0 Å². The summed E-state index contributed by atoms with van der Waals surface area (Å²) in [7, 11) is 0. The van der Waals surface area contributed by atoms with E-state index in [0.29, 0.717) is 22.2 Å². The van der Waals surface area contributed by atoms with E-state index in [-0.39, 0.29) is 10.7 Å². The Labute approximate surface area is 135 Å². The summed E-state index contributed by atoms with van der Waals surface area (Å²) in [6.45, 7) is 0. The fourth-order valence-electron chi connectivity index (χ4n) is 1.83.